The van der Waals surface area contributed by atoms with Crippen molar-refractivity contribution in [1.82, 2.24) is 20.1 Å². The van der Waals surface area contributed by atoms with Crippen LogP contribution in [0.1, 0.15) is 47.3 Å². The first-order valence-corrected chi connectivity index (χ1v) is 13.8. The van der Waals surface area contributed by atoms with Crippen LogP contribution in [0.15, 0.2) is 54.6 Å². The molecule has 3 aromatic carbocycles. The summed E-state index contributed by atoms with van der Waals surface area (Å²) in [5.41, 5.74) is 3.51. The molecule has 0 spiro atoms. The van der Waals surface area contributed by atoms with Crippen LogP contribution in [0.4, 0.5) is 8.78 Å². The van der Waals surface area contributed by atoms with Crippen LogP contribution in [-0.4, -0.2) is 33.0 Å². The van der Waals surface area contributed by atoms with E-state index in [1.54, 1.807) is 6.07 Å². The number of aromatic hydroxyl groups is 1. The highest BCUT2D eigenvalue weighted by Crippen LogP contribution is 2.58. The second-order valence-electron chi connectivity index (χ2n) is 11.3. The van der Waals surface area contributed by atoms with Gasteiger partial charge >= 0.3 is 0 Å². The van der Waals surface area contributed by atoms with Gasteiger partial charge in [0, 0.05) is 28.7 Å². The molecule has 3 heterocycles. The van der Waals surface area contributed by atoms with Crippen LogP contribution in [0.5, 0.6) is 5.75 Å². The molecule has 8 rings (SSSR count). The fourth-order valence-electron chi connectivity index (χ4n) is 6.79. The molecule has 0 bridgehead atoms. The van der Waals surface area contributed by atoms with E-state index >= 15 is 4.39 Å². The predicted molar refractivity (Wildman–Crippen MR) is 150 cm³/mol. The molecule has 2 N–H and O–H groups in total. The zero-order chi connectivity index (χ0) is 27.1. The van der Waals surface area contributed by atoms with Gasteiger partial charge in [-0.3, -0.25) is 4.68 Å². The van der Waals surface area contributed by atoms with Gasteiger partial charge in [0.1, 0.15) is 22.8 Å². The predicted octanol–water partition coefficient (Wildman–Crippen LogP) is 6.08. The number of fused-ring (bicyclic) bond motifs is 3. The van der Waals surface area contributed by atoms with Crippen molar-refractivity contribution in [1.29, 1.82) is 0 Å². The maximum atomic E-state index is 16.9. The Morgan fingerprint density at radius 3 is 2.52 bits per heavy atom. The number of phenols is 1. The zero-order valence-corrected chi connectivity index (χ0v) is 21.7. The second kappa shape index (κ2) is 8.61. The second-order valence-corrected chi connectivity index (χ2v) is 11.3. The number of benzene rings is 3. The van der Waals surface area contributed by atoms with E-state index in [9.17, 15) is 9.50 Å². The Morgan fingerprint density at radius 2 is 1.80 bits per heavy atom. The van der Waals surface area contributed by atoms with Crippen LogP contribution in [0.25, 0.3) is 32.9 Å². The number of rotatable bonds is 5. The van der Waals surface area contributed by atoms with Crippen molar-refractivity contribution in [3.05, 3.63) is 88.7 Å². The lowest BCUT2D eigenvalue weighted by atomic mass is 9.94. The van der Waals surface area contributed by atoms with Crippen molar-refractivity contribution in [2.24, 2.45) is 11.8 Å². The van der Waals surface area contributed by atoms with Crippen molar-refractivity contribution in [3.63, 3.8) is 0 Å². The number of halogens is 2. The molecule has 2 aromatic heterocycles. The highest BCUT2D eigenvalue weighted by Gasteiger charge is 2.56. The largest absolute Gasteiger partial charge is 0.508 e. The van der Waals surface area contributed by atoms with Crippen molar-refractivity contribution in [2.75, 3.05) is 13.1 Å². The van der Waals surface area contributed by atoms with Crippen LogP contribution < -0.4 is 5.32 Å². The minimum Gasteiger partial charge on any atom is -0.508 e. The first-order chi connectivity index (χ1) is 19.5. The van der Waals surface area contributed by atoms with E-state index < -0.39 is 11.6 Å². The minimum absolute atomic E-state index is 0.0214. The van der Waals surface area contributed by atoms with Gasteiger partial charge in [-0.2, -0.15) is 5.10 Å². The normalized spacial score (nSPS) is 21.6. The monoisotopic (exact) mass is 532 g/mol. The van der Waals surface area contributed by atoms with E-state index in [2.05, 4.69) is 11.2 Å². The number of nitrogens with zero attached hydrogens (tertiary/aromatic N) is 3. The summed E-state index contributed by atoms with van der Waals surface area (Å²) in [5.74, 6) is 2.58. The Labute approximate surface area is 229 Å². The van der Waals surface area contributed by atoms with Gasteiger partial charge in [0.25, 0.3) is 0 Å². The highest BCUT2D eigenvalue weighted by molar-refractivity contribution is 6.03. The molecule has 5 aromatic rings. The standard InChI is InChI=1S/C33H26F2N4O/c1-2-21-25(34)11-8-18-13-20(40)14-22(27(18)21)31-30(35)33-29(26(37-31)12-17-6-4-3-5-7-17)32(38-39(33)19-9-10-19)28-23-15-36-16-24(23)28/h1,3-8,11,13-14,19,23-24,28,36,40H,9-10,12,15-16H2. The van der Waals surface area contributed by atoms with Gasteiger partial charge < -0.3 is 10.4 Å². The molecule has 2 unspecified atom stereocenters. The number of terminal acetylenes is 1. The SMILES string of the molecule is C#Cc1c(F)ccc2cc(O)cc(-c3nc(Cc4ccccc4)c4c(C5C6CNCC65)nn(C5CC5)c4c3F)c12. The Bertz CT molecular complexity index is 1880. The number of pyridine rings is 1. The average molecular weight is 533 g/mol. The fraction of sp³-hybridized carbons (Fsp3) is 0.273. The van der Waals surface area contributed by atoms with E-state index in [1.807, 2.05) is 35.0 Å². The van der Waals surface area contributed by atoms with Gasteiger partial charge in [-0.05, 0) is 66.9 Å². The topological polar surface area (TPSA) is 63.0 Å². The molecule has 1 aliphatic heterocycles. The average Bonchev–Trinajstić information content (AvgIpc) is 3.83. The maximum Gasteiger partial charge on any atom is 0.175 e. The summed E-state index contributed by atoms with van der Waals surface area (Å²) in [7, 11) is 0. The van der Waals surface area contributed by atoms with E-state index in [0.29, 0.717) is 34.5 Å². The summed E-state index contributed by atoms with van der Waals surface area (Å²) >= 11 is 0. The van der Waals surface area contributed by atoms with Gasteiger partial charge in [-0.15, -0.1) is 6.42 Å². The lowest BCUT2D eigenvalue weighted by Crippen LogP contribution is -2.14. The van der Waals surface area contributed by atoms with Crippen molar-refractivity contribution in [3.8, 4) is 29.4 Å². The molecule has 2 saturated carbocycles. The first kappa shape index (κ1) is 23.6. The highest BCUT2D eigenvalue weighted by atomic mass is 19.1. The van der Waals surface area contributed by atoms with Crippen molar-refractivity contribution >= 4 is 21.7 Å². The number of hydrogen-bond acceptors (Lipinski definition) is 4. The van der Waals surface area contributed by atoms with E-state index in [1.165, 1.54) is 18.2 Å². The fourth-order valence-corrected chi connectivity index (χ4v) is 6.79. The van der Waals surface area contributed by atoms with Crippen LogP contribution >= 0.6 is 0 Å². The first-order valence-electron chi connectivity index (χ1n) is 13.8. The van der Waals surface area contributed by atoms with Crippen LogP contribution in [0.3, 0.4) is 0 Å². The molecule has 40 heavy (non-hydrogen) atoms. The third kappa shape index (κ3) is 3.49. The Kier molecular flexibility index (Phi) is 5.08. The van der Waals surface area contributed by atoms with Gasteiger partial charge in [-0.25, -0.2) is 13.8 Å². The molecule has 3 aliphatic rings. The van der Waals surface area contributed by atoms with Crippen molar-refractivity contribution < 1.29 is 13.9 Å². The van der Waals surface area contributed by atoms with Crippen LogP contribution in [-0.2, 0) is 6.42 Å². The van der Waals surface area contributed by atoms with Crippen LogP contribution in [0, 0.1) is 35.8 Å². The van der Waals surface area contributed by atoms with Crippen molar-refractivity contribution in [2.45, 2.75) is 31.2 Å². The van der Waals surface area contributed by atoms with Gasteiger partial charge in [0.05, 0.1) is 23.0 Å². The summed E-state index contributed by atoms with van der Waals surface area (Å²) in [4.78, 5) is 4.97. The number of phenolic OH excluding ortho intramolecular Hbond substituents is 1. The molecule has 0 amide bonds. The summed E-state index contributed by atoms with van der Waals surface area (Å²) < 4.78 is 33.7. The number of hydrogen-bond donors (Lipinski definition) is 2. The summed E-state index contributed by atoms with van der Waals surface area (Å²) in [6.45, 7) is 1.90. The number of nitrogens with one attached hydrogen (secondary N) is 1. The van der Waals surface area contributed by atoms with Gasteiger partial charge in [-0.1, -0.05) is 42.3 Å². The smallest absolute Gasteiger partial charge is 0.175 e. The molecule has 7 heteroatoms. The molecule has 198 valence electrons. The molecular formula is C33H26F2N4O. The molecule has 5 nitrogen and oxygen atoms in total. The quantitative estimate of drug-likeness (QED) is 0.270. The molecule has 3 fully saturated rings. The molecule has 2 atom stereocenters. The Balaban J connectivity index is 1.45. The minimum atomic E-state index is -0.577. The van der Waals surface area contributed by atoms with E-state index in [-0.39, 0.29) is 34.5 Å². The number of aromatic nitrogens is 3. The van der Waals surface area contributed by atoms with Gasteiger partial charge in [0.2, 0.25) is 0 Å². The molecular weight excluding hydrogens is 506 g/mol. The lowest BCUT2D eigenvalue weighted by molar-refractivity contribution is 0.476. The van der Waals surface area contributed by atoms with Crippen LogP contribution in [0.2, 0.25) is 0 Å². The zero-order valence-electron chi connectivity index (χ0n) is 21.7. The lowest BCUT2D eigenvalue weighted by Gasteiger charge is -2.15. The summed E-state index contributed by atoms with van der Waals surface area (Å²) in [5, 5.41) is 20.8. The summed E-state index contributed by atoms with van der Waals surface area (Å²) in [6.07, 6.45) is 8.12. The van der Waals surface area contributed by atoms with Gasteiger partial charge in [0.15, 0.2) is 5.82 Å². The molecule has 0 radical (unpaired) electrons. The Morgan fingerprint density at radius 1 is 1.02 bits per heavy atom. The Hall–Kier alpha value is -4.28. The maximum absolute atomic E-state index is 16.9. The van der Waals surface area contributed by atoms with E-state index in [4.69, 9.17) is 16.5 Å². The molecule has 1 saturated heterocycles. The van der Waals surface area contributed by atoms with E-state index in [0.717, 1.165) is 48.3 Å². The number of piperidine rings is 1. The molecule has 2 aliphatic carbocycles. The third-order valence-corrected chi connectivity index (χ3v) is 8.85. The third-order valence-electron chi connectivity index (χ3n) is 8.85. The summed E-state index contributed by atoms with van der Waals surface area (Å²) in [6, 6.07) is 15.9.